The molecular weight excluding hydrogens is 316 g/mol. The van der Waals surface area contributed by atoms with E-state index in [2.05, 4.69) is 26.2 Å². The molecule has 0 bridgehead atoms. The SMILES string of the molecule is CCOC(=O)c1nnn(Cc2ccc(Br)o2)c1CN. The number of halogens is 1. The molecule has 0 fully saturated rings. The zero-order valence-electron chi connectivity index (χ0n) is 10.3. The predicted molar refractivity (Wildman–Crippen MR) is 69.4 cm³/mol. The van der Waals surface area contributed by atoms with E-state index in [1.807, 2.05) is 0 Å². The molecule has 0 unspecified atom stereocenters. The molecule has 0 amide bonds. The molecule has 0 spiro atoms. The van der Waals surface area contributed by atoms with Crippen LogP contribution in [0.3, 0.4) is 0 Å². The van der Waals surface area contributed by atoms with E-state index in [1.165, 1.54) is 4.68 Å². The van der Waals surface area contributed by atoms with Gasteiger partial charge in [0.15, 0.2) is 10.4 Å². The van der Waals surface area contributed by atoms with E-state index in [4.69, 9.17) is 14.9 Å². The molecule has 2 aromatic heterocycles. The first kappa shape index (κ1) is 13.8. The summed E-state index contributed by atoms with van der Waals surface area (Å²) in [6.45, 7) is 2.50. The van der Waals surface area contributed by atoms with Gasteiger partial charge >= 0.3 is 5.97 Å². The van der Waals surface area contributed by atoms with E-state index in [0.29, 0.717) is 22.7 Å². The number of nitrogens with two attached hydrogens (primary N) is 1. The molecule has 0 saturated heterocycles. The molecule has 2 heterocycles. The Morgan fingerprint density at radius 3 is 2.95 bits per heavy atom. The average molecular weight is 329 g/mol. The van der Waals surface area contributed by atoms with Gasteiger partial charge in [-0.15, -0.1) is 5.10 Å². The molecule has 0 saturated carbocycles. The van der Waals surface area contributed by atoms with Gasteiger partial charge in [-0.05, 0) is 35.0 Å². The van der Waals surface area contributed by atoms with Crippen LogP contribution in [0.15, 0.2) is 21.2 Å². The minimum Gasteiger partial charge on any atom is -0.461 e. The standard InChI is InChI=1S/C11H13BrN4O3/c1-2-18-11(17)10-8(5-13)16(15-14-10)6-7-3-4-9(12)19-7/h3-4H,2,5-6,13H2,1H3. The van der Waals surface area contributed by atoms with Gasteiger partial charge in [0.1, 0.15) is 12.3 Å². The van der Waals surface area contributed by atoms with Crippen LogP contribution in [0.4, 0.5) is 0 Å². The van der Waals surface area contributed by atoms with Gasteiger partial charge in [0, 0.05) is 6.54 Å². The lowest BCUT2D eigenvalue weighted by Gasteiger charge is -2.04. The summed E-state index contributed by atoms with van der Waals surface area (Å²) in [7, 11) is 0. The van der Waals surface area contributed by atoms with E-state index < -0.39 is 5.97 Å². The number of ether oxygens (including phenoxy) is 1. The van der Waals surface area contributed by atoms with Crippen LogP contribution in [-0.2, 0) is 17.8 Å². The normalized spacial score (nSPS) is 10.7. The minimum atomic E-state index is -0.519. The number of hydrogen-bond donors (Lipinski definition) is 1. The lowest BCUT2D eigenvalue weighted by Crippen LogP contribution is -2.14. The summed E-state index contributed by atoms with van der Waals surface area (Å²) in [6.07, 6.45) is 0. The summed E-state index contributed by atoms with van der Waals surface area (Å²) in [5, 5.41) is 7.72. The monoisotopic (exact) mass is 328 g/mol. The second kappa shape index (κ2) is 5.98. The summed E-state index contributed by atoms with van der Waals surface area (Å²) in [4.78, 5) is 11.7. The van der Waals surface area contributed by atoms with Gasteiger partial charge in [-0.3, -0.25) is 0 Å². The minimum absolute atomic E-state index is 0.142. The van der Waals surface area contributed by atoms with Gasteiger partial charge in [0.25, 0.3) is 0 Å². The van der Waals surface area contributed by atoms with Gasteiger partial charge < -0.3 is 14.9 Å². The van der Waals surface area contributed by atoms with Crippen molar-refractivity contribution in [2.45, 2.75) is 20.0 Å². The van der Waals surface area contributed by atoms with Gasteiger partial charge in [-0.2, -0.15) is 0 Å². The summed E-state index contributed by atoms with van der Waals surface area (Å²) in [5.41, 5.74) is 6.31. The van der Waals surface area contributed by atoms with E-state index >= 15 is 0 Å². The van der Waals surface area contributed by atoms with Crippen LogP contribution in [-0.4, -0.2) is 27.6 Å². The van der Waals surface area contributed by atoms with Gasteiger partial charge in [0.05, 0.1) is 12.3 Å². The van der Waals surface area contributed by atoms with Crippen molar-refractivity contribution in [3.05, 3.63) is 34.0 Å². The molecule has 0 aliphatic carbocycles. The Morgan fingerprint density at radius 1 is 1.58 bits per heavy atom. The maximum absolute atomic E-state index is 11.7. The molecule has 2 aromatic rings. The number of hydrogen-bond acceptors (Lipinski definition) is 6. The van der Waals surface area contributed by atoms with Crippen molar-refractivity contribution in [1.29, 1.82) is 0 Å². The Balaban J connectivity index is 2.24. The van der Waals surface area contributed by atoms with Crippen LogP contribution in [0.25, 0.3) is 0 Å². The Hall–Kier alpha value is -1.67. The Bertz CT molecular complexity index is 578. The number of nitrogens with zero attached hydrogens (tertiary/aromatic N) is 3. The number of esters is 1. The first-order valence-corrected chi connectivity index (χ1v) is 6.48. The fourth-order valence-electron chi connectivity index (χ4n) is 1.60. The zero-order chi connectivity index (χ0) is 13.8. The van der Waals surface area contributed by atoms with E-state index in [-0.39, 0.29) is 18.8 Å². The highest BCUT2D eigenvalue weighted by Crippen LogP contribution is 2.16. The summed E-state index contributed by atoms with van der Waals surface area (Å²) < 4.78 is 12.4. The largest absolute Gasteiger partial charge is 0.461 e. The molecule has 0 atom stereocenters. The third-order valence-corrected chi connectivity index (χ3v) is 2.86. The van der Waals surface area contributed by atoms with Gasteiger partial charge in [-0.1, -0.05) is 5.21 Å². The Labute approximate surface area is 117 Å². The van der Waals surface area contributed by atoms with Crippen molar-refractivity contribution < 1.29 is 13.9 Å². The van der Waals surface area contributed by atoms with Crippen molar-refractivity contribution >= 4 is 21.9 Å². The molecule has 2 rings (SSSR count). The number of carbonyl (C=O) groups is 1. The highest BCUT2D eigenvalue weighted by molar-refractivity contribution is 9.10. The highest BCUT2D eigenvalue weighted by Gasteiger charge is 2.20. The smallest absolute Gasteiger partial charge is 0.360 e. The summed E-state index contributed by atoms with van der Waals surface area (Å²) in [6, 6.07) is 3.58. The lowest BCUT2D eigenvalue weighted by atomic mass is 10.3. The maximum Gasteiger partial charge on any atom is 0.360 e. The first-order valence-electron chi connectivity index (χ1n) is 5.69. The fourth-order valence-corrected chi connectivity index (χ4v) is 1.94. The van der Waals surface area contributed by atoms with Gasteiger partial charge in [-0.25, -0.2) is 9.48 Å². The number of furan rings is 1. The Morgan fingerprint density at radius 2 is 2.37 bits per heavy atom. The molecule has 0 radical (unpaired) electrons. The quantitative estimate of drug-likeness (QED) is 0.831. The second-order valence-corrected chi connectivity index (χ2v) is 4.45. The van der Waals surface area contributed by atoms with Crippen molar-refractivity contribution in [2.24, 2.45) is 5.73 Å². The molecule has 102 valence electrons. The van der Waals surface area contributed by atoms with E-state index in [1.54, 1.807) is 19.1 Å². The average Bonchev–Trinajstić information content (AvgIpc) is 2.96. The molecule has 0 aliphatic rings. The number of rotatable bonds is 5. The predicted octanol–water partition coefficient (Wildman–Crippen LogP) is 1.32. The van der Waals surface area contributed by atoms with Crippen LogP contribution in [0.5, 0.6) is 0 Å². The fraction of sp³-hybridized carbons (Fsp3) is 0.364. The third-order valence-electron chi connectivity index (χ3n) is 2.43. The van der Waals surface area contributed by atoms with Crippen molar-refractivity contribution in [1.82, 2.24) is 15.0 Å². The van der Waals surface area contributed by atoms with Crippen LogP contribution in [0.2, 0.25) is 0 Å². The summed E-state index contributed by atoms with van der Waals surface area (Å²) in [5.74, 6) is 0.164. The molecule has 0 aliphatic heterocycles. The number of aromatic nitrogens is 3. The molecule has 0 aromatic carbocycles. The van der Waals surface area contributed by atoms with Crippen molar-refractivity contribution in [3.8, 4) is 0 Å². The Kier molecular flexibility index (Phi) is 4.33. The number of carbonyl (C=O) groups excluding carboxylic acids is 1. The van der Waals surface area contributed by atoms with Crippen LogP contribution >= 0.6 is 15.9 Å². The molecule has 19 heavy (non-hydrogen) atoms. The summed E-state index contributed by atoms with van der Waals surface area (Å²) >= 11 is 3.22. The lowest BCUT2D eigenvalue weighted by molar-refractivity contribution is 0.0518. The molecular formula is C11H13BrN4O3. The van der Waals surface area contributed by atoms with E-state index in [9.17, 15) is 4.79 Å². The molecule has 7 nitrogen and oxygen atoms in total. The van der Waals surface area contributed by atoms with E-state index in [0.717, 1.165) is 0 Å². The highest BCUT2D eigenvalue weighted by atomic mass is 79.9. The van der Waals surface area contributed by atoms with Crippen LogP contribution < -0.4 is 5.73 Å². The van der Waals surface area contributed by atoms with Gasteiger partial charge in [0.2, 0.25) is 0 Å². The third kappa shape index (κ3) is 3.02. The van der Waals surface area contributed by atoms with Crippen molar-refractivity contribution in [3.63, 3.8) is 0 Å². The molecule has 2 N–H and O–H groups in total. The van der Waals surface area contributed by atoms with Crippen LogP contribution in [0, 0.1) is 0 Å². The second-order valence-electron chi connectivity index (χ2n) is 3.67. The zero-order valence-corrected chi connectivity index (χ0v) is 11.9. The van der Waals surface area contributed by atoms with Crippen LogP contribution in [0.1, 0.15) is 28.9 Å². The first-order chi connectivity index (χ1) is 9.15. The topological polar surface area (TPSA) is 96.2 Å². The van der Waals surface area contributed by atoms with Crippen molar-refractivity contribution in [2.75, 3.05) is 6.61 Å². The maximum atomic E-state index is 11.7. The molecule has 8 heteroatoms.